The van der Waals surface area contributed by atoms with Crippen molar-refractivity contribution < 1.29 is 19.6 Å². The molecule has 9 heteroatoms. The van der Waals surface area contributed by atoms with Crippen molar-refractivity contribution in [2.24, 2.45) is 4.99 Å². The number of hydrogen-bond acceptors (Lipinski definition) is 7. The average molecular weight is 463 g/mol. The molecule has 0 aliphatic carbocycles. The molecule has 1 N–H and O–H groups in total. The summed E-state index contributed by atoms with van der Waals surface area (Å²) in [4.78, 5) is 42.4. The van der Waals surface area contributed by atoms with Crippen molar-refractivity contribution in [3.05, 3.63) is 69.3 Å². The molecule has 1 saturated heterocycles. The van der Waals surface area contributed by atoms with E-state index in [1.807, 2.05) is 7.05 Å². The number of Topliss-reactive ketones (excluding diaryl/α,β-unsaturated/α-hetero) is 1. The lowest BCUT2D eigenvalue weighted by Crippen LogP contribution is -2.32. The summed E-state index contributed by atoms with van der Waals surface area (Å²) in [6, 6.07) is 10.9. The van der Waals surface area contributed by atoms with Gasteiger partial charge in [-0.2, -0.15) is 0 Å². The van der Waals surface area contributed by atoms with E-state index in [-0.39, 0.29) is 29.3 Å². The number of non-ortho nitro benzene ring substituents is 1. The van der Waals surface area contributed by atoms with Crippen LogP contribution in [0.5, 0.6) is 5.88 Å². The van der Waals surface area contributed by atoms with Gasteiger partial charge in [0.25, 0.3) is 5.69 Å². The first-order valence-electron chi connectivity index (χ1n) is 11.1. The van der Waals surface area contributed by atoms with Crippen LogP contribution in [0.25, 0.3) is 10.9 Å². The van der Waals surface area contributed by atoms with Crippen LogP contribution in [0, 0.1) is 10.1 Å². The number of benzene rings is 2. The molecule has 9 nitrogen and oxygen atoms in total. The van der Waals surface area contributed by atoms with Gasteiger partial charge in [0, 0.05) is 35.6 Å². The maximum Gasteiger partial charge on any atom is 0.269 e. The summed E-state index contributed by atoms with van der Waals surface area (Å²) < 4.78 is 1.20. The molecule has 0 saturated carbocycles. The molecule has 1 fully saturated rings. The predicted molar refractivity (Wildman–Crippen MR) is 129 cm³/mol. The van der Waals surface area contributed by atoms with Crippen molar-refractivity contribution in [1.82, 2.24) is 9.47 Å². The van der Waals surface area contributed by atoms with Crippen molar-refractivity contribution in [1.29, 1.82) is 0 Å². The van der Waals surface area contributed by atoms with E-state index in [2.05, 4.69) is 4.90 Å². The molecular weight excluding hydrogens is 436 g/mol. The molecule has 1 aliphatic rings. The number of hydrogen-bond donors (Lipinski definition) is 1. The van der Waals surface area contributed by atoms with Crippen molar-refractivity contribution in [2.75, 3.05) is 20.1 Å². The van der Waals surface area contributed by atoms with Gasteiger partial charge in [-0.25, -0.2) is 0 Å². The molecule has 0 atom stereocenters. The van der Waals surface area contributed by atoms with Gasteiger partial charge in [-0.05, 0) is 70.2 Å². The summed E-state index contributed by atoms with van der Waals surface area (Å²) in [5, 5.41) is 22.9. The highest BCUT2D eigenvalue weighted by atomic mass is 16.6. The zero-order valence-corrected chi connectivity index (χ0v) is 19.3. The third kappa shape index (κ3) is 4.34. The normalized spacial score (nSPS) is 15.6. The smallest absolute Gasteiger partial charge is 0.269 e. The highest BCUT2D eigenvalue weighted by Crippen LogP contribution is 2.35. The highest BCUT2D eigenvalue weighted by molar-refractivity contribution is 6.23. The number of fused-ring (bicyclic) bond motifs is 1. The van der Waals surface area contributed by atoms with Gasteiger partial charge in [-0.1, -0.05) is 0 Å². The number of nitro groups is 1. The average Bonchev–Trinajstić information content (AvgIpc) is 3.09. The molecule has 0 bridgehead atoms. The van der Waals surface area contributed by atoms with Crippen molar-refractivity contribution >= 4 is 34.0 Å². The number of carbonyl (C=O) groups excluding carboxylic acids is 2. The zero-order chi connectivity index (χ0) is 24.6. The van der Waals surface area contributed by atoms with Crippen LogP contribution < -0.4 is 0 Å². The van der Waals surface area contributed by atoms with Gasteiger partial charge >= 0.3 is 0 Å². The molecule has 0 unspecified atom stereocenters. The number of piperidine rings is 1. The molecule has 1 aliphatic heterocycles. The summed E-state index contributed by atoms with van der Waals surface area (Å²) in [5.74, 6) is -0.799. The fourth-order valence-electron chi connectivity index (χ4n) is 4.38. The summed E-state index contributed by atoms with van der Waals surface area (Å²) in [5.41, 5.74) is 2.20. The summed E-state index contributed by atoms with van der Waals surface area (Å²) in [6.07, 6.45) is 1.63. The molecule has 2 aromatic carbocycles. The molecule has 2 heterocycles. The van der Waals surface area contributed by atoms with Crippen LogP contribution in [-0.4, -0.2) is 63.1 Å². The molecule has 34 heavy (non-hydrogen) atoms. The van der Waals surface area contributed by atoms with Crippen LogP contribution in [0.15, 0.2) is 47.5 Å². The van der Waals surface area contributed by atoms with E-state index < -0.39 is 4.92 Å². The Morgan fingerprint density at radius 3 is 2.24 bits per heavy atom. The summed E-state index contributed by atoms with van der Waals surface area (Å²) >= 11 is 0. The topological polar surface area (TPSA) is 118 Å². The Bertz CT molecular complexity index is 1320. The molecule has 0 radical (unpaired) electrons. The Hall–Kier alpha value is -3.85. The number of aromatic hydroxyl groups is 1. The molecular formula is C25H26N4O5. The second-order valence-electron chi connectivity index (χ2n) is 8.66. The molecule has 176 valence electrons. The lowest BCUT2D eigenvalue weighted by molar-refractivity contribution is -0.384. The number of ketones is 1. The summed E-state index contributed by atoms with van der Waals surface area (Å²) in [6.45, 7) is 4.54. The lowest BCUT2D eigenvalue weighted by atomic mass is 9.97. The molecule has 0 amide bonds. The Morgan fingerprint density at radius 2 is 1.68 bits per heavy atom. The molecule has 0 spiro atoms. The monoisotopic (exact) mass is 462 g/mol. The molecule has 4 rings (SSSR count). The standard InChI is InChI=1S/C25H26N4O5/c1-15(30)18-6-9-22-21(14-18)23(25(32)28(22)16(2)31)24(26-19-10-12-27(3)13-11-19)17-4-7-20(8-5-17)29(33)34/h4-9,14,19,32H,10-13H2,1-3H3. The molecule has 1 aromatic heterocycles. The van der Waals surface area contributed by atoms with E-state index in [4.69, 9.17) is 4.99 Å². The van der Waals surface area contributed by atoms with Gasteiger partial charge in [0.1, 0.15) is 0 Å². The van der Waals surface area contributed by atoms with Crippen molar-refractivity contribution in [3.63, 3.8) is 0 Å². The minimum atomic E-state index is -0.476. The van der Waals surface area contributed by atoms with Gasteiger partial charge in [-0.3, -0.25) is 29.3 Å². The minimum Gasteiger partial charge on any atom is -0.494 e. The van der Waals surface area contributed by atoms with E-state index in [0.717, 1.165) is 25.9 Å². The Labute approximate surface area is 196 Å². The number of nitro benzene ring substituents is 1. The van der Waals surface area contributed by atoms with Crippen molar-refractivity contribution in [3.8, 4) is 5.88 Å². The number of aliphatic imine (C=N–C) groups is 1. The lowest BCUT2D eigenvalue weighted by Gasteiger charge is -2.27. The Balaban J connectivity index is 1.98. The van der Waals surface area contributed by atoms with Crippen LogP contribution in [0.4, 0.5) is 5.69 Å². The zero-order valence-electron chi connectivity index (χ0n) is 19.3. The number of rotatable bonds is 5. The second kappa shape index (κ2) is 9.18. The van der Waals surface area contributed by atoms with E-state index in [1.54, 1.807) is 30.3 Å². The van der Waals surface area contributed by atoms with Gasteiger partial charge in [-0.15, -0.1) is 0 Å². The Morgan fingerprint density at radius 1 is 1.06 bits per heavy atom. The first-order chi connectivity index (χ1) is 16.2. The van der Waals surface area contributed by atoms with Crippen LogP contribution >= 0.6 is 0 Å². The van der Waals surface area contributed by atoms with Gasteiger partial charge in [0.05, 0.1) is 27.8 Å². The first kappa shape index (κ1) is 23.3. The Kier molecular flexibility index (Phi) is 6.30. The fraction of sp³-hybridized carbons (Fsp3) is 0.320. The van der Waals surface area contributed by atoms with Crippen LogP contribution in [0.1, 0.15) is 53.0 Å². The predicted octanol–water partition coefficient (Wildman–Crippen LogP) is 4.05. The van der Waals surface area contributed by atoms with Gasteiger partial charge in [0.15, 0.2) is 5.78 Å². The van der Waals surface area contributed by atoms with Gasteiger partial charge < -0.3 is 10.0 Å². The maximum absolute atomic E-state index is 12.4. The third-order valence-corrected chi connectivity index (χ3v) is 6.25. The van der Waals surface area contributed by atoms with Crippen molar-refractivity contribution in [2.45, 2.75) is 32.7 Å². The van der Waals surface area contributed by atoms with E-state index in [9.17, 15) is 24.8 Å². The van der Waals surface area contributed by atoms with Crippen LogP contribution in [0.2, 0.25) is 0 Å². The number of carbonyl (C=O) groups is 2. The highest BCUT2D eigenvalue weighted by Gasteiger charge is 2.26. The van der Waals surface area contributed by atoms with E-state index in [1.165, 1.54) is 30.5 Å². The minimum absolute atomic E-state index is 0.0208. The second-order valence-corrected chi connectivity index (χ2v) is 8.66. The molecule has 3 aromatic rings. The van der Waals surface area contributed by atoms with Crippen LogP contribution in [0.3, 0.4) is 0 Å². The first-order valence-corrected chi connectivity index (χ1v) is 11.1. The SMILES string of the molecule is CC(=O)c1ccc2c(c1)c(C(=NC1CCN(C)CC1)c1ccc([N+](=O)[O-])cc1)c(O)n2C(C)=O. The number of likely N-dealkylation sites (tertiary alicyclic amines) is 1. The fourth-order valence-corrected chi connectivity index (χ4v) is 4.38. The quantitative estimate of drug-likeness (QED) is 0.264. The van der Waals surface area contributed by atoms with E-state index in [0.29, 0.717) is 33.3 Å². The number of nitrogens with zero attached hydrogens (tertiary/aromatic N) is 4. The number of aromatic nitrogens is 1. The summed E-state index contributed by atoms with van der Waals surface area (Å²) in [7, 11) is 2.05. The third-order valence-electron chi connectivity index (χ3n) is 6.25. The van der Waals surface area contributed by atoms with Crippen LogP contribution in [-0.2, 0) is 0 Å². The largest absolute Gasteiger partial charge is 0.494 e. The van der Waals surface area contributed by atoms with E-state index >= 15 is 0 Å². The maximum atomic E-state index is 12.4. The van der Waals surface area contributed by atoms with Gasteiger partial charge in [0.2, 0.25) is 11.8 Å².